The largest absolute Gasteiger partial charge is 0.474 e. The number of rotatable bonds is 4. The highest BCUT2D eigenvalue weighted by atomic mass is 32.2. The van der Waals surface area contributed by atoms with Crippen molar-refractivity contribution in [2.75, 3.05) is 0 Å². The normalized spacial score (nSPS) is 25.1. The number of ether oxygens (including phenoxy) is 1. The number of aromatic nitrogens is 1. The first-order valence-electron chi connectivity index (χ1n) is 9.71. The van der Waals surface area contributed by atoms with Crippen LogP contribution in [-0.4, -0.2) is 35.9 Å². The predicted octanol–water partition coefficient (Wildman–Crippen LogP) is 4.00. The van der Waals surface area contributed by atoms with Crippen molar-refractivity contribution in [1.82, 2.24) is 9.29 Å². The van der Waals surface area contributed by atoms with Gasteiger partial charge in [-0.3, -0.25) is 0 Å². The maximum absolute atomic E-state index is 13.4. The van der Waals surface area contributed by atoms with Gasteiger partial charge in [0.05, 0.1) is 4.90 Å². The van der Waals surface area contributed by atoms with Crippen LogP contribution >= 0.6 is 0 Å². The zero-order chi connectivity index (χ0) is 19.1. The summed E-state index contributed by atoms with van der Waals surface area (Å²) in [7, 11) is -3.52. The molecule has 5 rings (SSSR count). The molecule has 2 fully saturated rings. The lowest BCUT2D eigenvalue weighted by atomic mass is 10.0. The second kappa shape index (κ2) is 6.87. The van der Waals surface area contributed by atoms with E-state index in [1.165, 1.54) is 0 Å². The summed E-state index contributed by atoms with van der Waals surface area (Å²) in [6.45, 7) is 0. The van der Waals surface area contributed by atoms with Gasteiger partial charge in [-0.1, -0.05) is 36.4 Å². The number of fused-ring (bicyclic) bond motifs is 3. The second-order valence-corrected chi connectivity index (χ2v) is 9.45. The zero-order valence-corrected chi connectivity index (χ0v) is 16.3. The minimum absolute atomic E-state index is 0.00968. The van der Waals surface area contributed by atoms with Crippen LogP contribution in [0.5, 0.6) is 5.88 Å². The van der Waals surface area contributed by atoms with Gasteiger partial charge in [0, 0.05) is 37.2 Å². The molecule has 2 saturated heterocycles. The van der Waals surface area contributed by atoms with Crippen LogP contribution in [0.15, 0.2) is 71.8 Å². The molecule has 3 aromatic rings. The Kier molecular flexibility index (Phi) is 4.33. The number of piperidine rings is 1. The van der Waals surface area contributed by atoms with Gasteiger partial charge < -0.3 is 4.74 Å². The lowest BCUT2D eigenvalue weighted by Crippen LogP contribution is -2.49. The summed E-state index contributed by atoms with van der Waals surface area (Å²) >= 11 is 0. The Balaban J connectivity index is 1.40. The molecule has 2 unspecified atom stereocenters. The fraction of sp³-hybridized carbons (Fsp3) is 0.318. The molecule has 0 radical (unpaired) electrons. The van der Waals surface area contributed by atoms with E-state index in [1.54, 1.807) is 22.6 Å². The molecule has 5 nitrogen and oxygen atoms in total. The van der Waals surface area contributed by atoms with E-state index >= 15 is 0 Å². The van der Waals surface area contributed by atoms with Crippen molar-refractivity contribution in [3.8, 4) is 5.88 Å². The number of benzene rings is 2. The van der Waals surface area contributed by atoms with Crippen molar-refractivity contribution in [2.24, 2.45) is 0 Å². The Bertz CT molecular complexity index is 1090. The van der Waals surface area contributed by atoms with Gasteiger partial charge in [-0.25, -0.2) is 13.4 Å². The smallest absolute Gasteiger partial charge is 0.243 e. The van der Waals surface area contributed by atoms with Crippen LogP contribution in [0.1, 0.15) is 25.7 Å². The van der Waals surface area contributed by atoms with Crippen molar-refractivity contribution < 1.29 is 13.2 Å². The van der Waals surface area contributed by atoms with Crippen LogP contribution in [0, 0.1) is 0 Å². The molecule has 144 valence electrons. The van der Waals surface area contributed by atoms with E-state index in [1.807, 2.05) is 48.5 Å². The van der Waals surface area contributed by atoms with E-state index in [0.29, 0.717) is 23.6 Å². The van der Waals surface area contributed by atoms with Gasteiger partial charge >= 0.3 is 0 Å². The Hall–Kier alpha value is -2.44. The van der Waals surface area contributed by atoms with E-state index in [2.05, 4.69) is 4.98 Å². The van der Waals surface area contributed by atoms with Gasteiger partial charge in [0.15, 0.2) is 0 Å². The van der Waals surface area contributed by atoms with E-state index in [9.17, 15) is 8.42 Å². The standard InChI is InChI=1S/C22H22N2O3S/c25-28(26,21-11-8-16-5-1-2-6-17(16)13-21)24-18-9-10-19(24)15-20(14-18)27-22-7-3-4-12-23-22/h1-8,11-13,18-20H,9-10,14-15H2. The third-order valence-corrected chi connectivity index (χ3v) is 7.85. The summed E-state index contributed by atoms with van der Waals surface area (Å²) in [5, 5.41) is 2.00. The Labute approximate surface area is 165 Å². The average molecular weight is 394 g/mol. The van der Waals surface area contributed by atoms with Crippen molar-refractivity contribution in [3.63, 3.8) is 0 Å². The number of pyridine rings is 1. The van der Waals surface area contributed by atoms with E-state index < -0.39 is 10.0 Å². The zero-order valence-electron chi connectivity index (χ0n) is 15.4. The molecule has 2 aliphatic heterocycles. The molecule has 0 aliphatic carbocycles. The van der Waals surface area contributed by atoms with Crippen LogP contribution in [0.2, 0.25) is 0 Å². The third kappa shape index (κ3) is 3.06. The second-order valence-electron chi connectivity index (χ2n) is 7.61. The van der Waals surface area contributed by atoms with Crippen molar-refractivity contribution in [1.29, 1.82) is 0 Å². The molecule has 6 heteroatoms. The molecule has 0 amide bonds. The van der Waals surface area contributed by atoms with Gasteiger partial charge in [0.1, 0.15) is 6.10 Å². The average Bonchev–Trinajstić information content (AvgIpc) is 3.00. The van der Waals surface area contributed by atoms with E-state index in [-0.39, 0.29) is 18.2 Å². The lowest BCUT2D eigenvalue weighted by molar-refractivity contribution is 0.0918. The number of nitrogens with zero attached hydrogens (tertiary/aromatic N) is 2. The number of hydrogen-bond acceptors (Lipinski definition) is 4. The van der Waals surface area contributed by atoms with Gasteiger partial charge in [0.2, 0.25) is 15.9 Å². The first-order valence-corrected chi connectivity index (χ1v) is 11.2. The summed E-state index contributed by atoms with van der Waals surface area (Å²) in [6, 6.07) is 18.8. The Morgan fingerprint density at radius 2 is 1.61 bits per heavy atom. The highest BCUT2D eigenvalue weighted by Gasteiger charge is 2.48. The molecular formula is C22H22N2O3S. The summed E-state index contributed by atoms with van der Waals surface area (Å²) in [5.74, 6) is 0.609. The van der Waals surface area contributed by atoms with E-state index in [0.717, 1.165) is 23.6 Å². The molecule has 1 aromatic heterocycles. The van der Waals surface area contributed by atoms with Crippen molar-refractivity contribution in [2.45, 2.75) is 48.8 Å². The van der Waals surface area contributed by atoms with Crippen LogP contribution < -0.4 is 4.74 Å². The molecule has 0 spiro atoms. The maximum Gasteiger partial charge on any atom is 0.243 e. The minimum Gasteiger partial charge on any atom is -0.474 e. The first-order chi connectivity index (χ1) is 13.6. The molecule has 2 bridgehead atoms. The molecule has 0 N–H and O–H groups in total. The molecule has 0 saturated carbocycles. The lowest BCUT2D eigenvalue weighted by Gasteiger charge is -2.37. The van der Waals surface area contributed by atoms with Gasteiger partial charge in [-0.05, 0) is 41.8 Å². The van der Waals surface area contributed by atoms with Gasteiger partial charge in [-0.15, -0.1) is 0 Å². The minimum atomic E-state index is -3.52. The van der Waals surface area contributed by atoms with Crippen LogP contribution in [-0.2, 0) is 10.0 Å². The van der Waals surface area contributed by atoms with Crippen molar-refractivity contribution in [3.05, 3.63) is 66.9 Å². The molecule has 2 aliphatic rings. The quantitative estimate of drug-likeness (QED) is 0.671. The SMILES string of the molecule is O=S(=O)(c1ccc2ccccc2c1)N1C2CCC1CC(Oc1ccccn1)C2. The monoisotopic (exact) mass is 394 g/mol. The topological polar surface area (TPSA) is 59.5 Å². The molecule has 28 heavy (non-hydrogen) atoms. The molecule has 2 atom stereocenters. The highest BCUT2D eigenvalue weighted by Crippen LogP contribution is 2.41. The first kappa shape index (κ1) is 17.6. The fourth-order valence-electron chi connectivity index (χ4n) is 4.61. The van der Waals surface area contributed by atoms with Crippen molar-refractivity contribution >= 4 is 20.8 Å². The van der Waals surface area contributed by atoms with E-state index in [4.69, 9.17) is 4.74 Å². The third-order valence-electron chi connectivity index (χ3n) is 5.84. The molecular weight excluding hydrogens is 372 g/mol. The van der Waals surface area contributed by atoms with Crippen LogP contribution in [0.25, 0.3) is 10.8 Å². The fourth-order valence-corrected chi connectivity index (χ4v) is 6.54. The van der Waals surface area contributed by atoms with Crippen LogP contribution in [0.3, 0.4) is 0 Å². The van der Waals surface area contributed by atoms with Gasteiger partial charge in [-0.2, -0.15) is 4.31 Å². The Morgan fingerprint density at radius 1 is 0.893 bits per heavy atom. The predicted molar refractivity (Wildman–Crippen MR) is 108 cm³/mol. The molecule has 2 aromatic carbocycles. The number of hydrogen-bond donors (Lipinski definition) is 0. The summed E-state index contributed by atoms with van der Waals surface area (Å²) < 4.78 is 34.6. The van der Waals surface area contributed by atoms with Crippen LogP contribution in [0.4, 0.5) is 0 Å². The molecule has 3 heterocycles. The summed E-state index contributed by atoms with van der Waals surface area (Å²) in [5.41, 5.74) is 0. The highest BCUT2D eigenvalue weighted by molar-refractivity contribution is 7.89. The summed E-state index contributed by atoms with van der Waals surface area (Å²) in [4.78, 5) is 4.62. The van der Waals surface area contributed by atoms with Gasteiger partial charge in [0.25, 0.3) is 0 Å². The maximum atomic E-state index is 13.4. The number of sulfonamides is 1. The Morgan fingerprint density at radius 3 is 2.32 bits per heavy atom. The summed E-state index contributed by atoms with van der Waals surface area (Å²) in [6.07, 6.45) is 4.91.